The molecule has 0 amide bonds. The first-order valence-electron chi connectivity index (χ1n) is 8.33. The molecule has 2 N–H and O–H groups in total. The third-order valence-corrected chi connectivity index (χ3v) is 5.48. The Balaban J connectivity index is 1.61. The van der Waals surface area contributed by atoms with Crippen molar-refractivity contribution < 1.29 is 12.9 Å². The maximum Gasteiger partial charge on any atom is 0.243 e. The quantitative estimate of drug-likeness (QED) is 0.847. The minimum Gasteiger partial charge on any atom is -0.369 e. The molecule has 9 heteroatoms. The van der Waals surface area contributed by atoms with Crippen LogP contribution in [-0.4, -0.2) is 49.6 Å². The summed E-state index contributed by atoms with van der Waals surface area (Å²) in [5.74, 6) is 1.39. The van der Waals surface area contributed by atoms with Crippen molar-refractivity contribution >= 4 is 15.7 Å². The summed E-state index contributed by atoms with van der Waals surface area (Å²) in [6.07, 6.45) is 0.762. The third-order valence-electron chi connectivity index (χ3n) is 4.55. The van der Waals surface area contributed by atoms with E-state index in [2.05, 4.69) is 26.9 Å². The number of anilines is 1. The predicted octanol–water partition coefficient (Wildman–Crippen LogP) is 1.16. The molecule has 1 aliphatic rings. The van der Waals surface area contributed by atoms with Gasteiger partial charge in [-0.15, -0.1) is 0 Å². The fourth-order valence-electron chi connectivity index (χ4n) is 2.95. The second kappa shape index (κ2) is 7.11. The van der Waals surface area contributed by atoms with Gasteiger partial charge in [0, 0.05) is 38.3 Å². The van der Waals surface area contributed by atoms with E-state index in [0.29, 0.717) is 5.89 Å². The summed E-state index contributed by atoms with van der Waals surface area (Å²) in [7, 11) is -3.65. The molecule has 1 aromatic heterocycles. The zero-order valence-electron chi connectivity index (χ0n) is 14.4. The normalized spacial score (nSPS) is 17.6. The van der Waals surface area contributed by atoms with Crippen LogP contribution in [0.2, 0.25) is 0 Å². The molecule has 0 spiro atoms. The van der Waals surface area contributed by atoms with Crippen molar-refractivity contribution in [3.8, 4) is 0 Å². The number of hydrogen-bond donors (Lipinski definition) is 1. The minimum atomic E-state index is -3.65. The number of primary sulfonamides is 1. The largest absolute Gasteiger partial charge is 0.369 e. The van der Waals surface area contributed by atoms with Gasteiger partial charge in [0.05, 0.1) is 10.9 Å². The van der Waals surface area contributed by atoms with Crippen LogP contribution in [0.5, 0.6) is 0 Å². The molecule has 1 unspecified atom stereocenters. The molecule has 1 atom stereocenters. The van der Waals surface area contributed by atoms with E-state index >= 15 is 0 Å². The standard InChI is InChI=1S/C16H23N5O3S/c1-3-15-18-16(24-19-15)12(2)20-8-10-21(11-9-20)13-4-6-14(7-5-13)25(17,22)23/h4-7,12H,3,8-11H2,1-2H3,(H2,17,22,23). The highest BCUT2D eigenvalue weighted by Crippen LogP contribution is 2.23. The Morgan fingerprint density at radius 2 is 1.84 bits per heavy atom. The molecule has 2 heterocycles. The van der Waals surface area contributed by atoms with Crippen molar-refractivity contribution in [2.45, 2.75) is 31.2 Å². The van der Waals surface area contributed by atoms with E-state index in [9.17, 15) is 8.42 Å². The second-order valence-corrected chi connectivity index (χ2v) is 7.70. The van der Waals surface area contributed by atoms with Crippen LogP contribution in [0, 0.1) is 0 Å². The lowest BCUT2D eigenvalue weighted by Gasteiger charge is -2.38. The van der Waals surface area contributed by atoms with Gasteiger partial charge in [0.25, 0.3) is 0 Å². The number of benzene rings is 1. The Kier molecular flexibility index (Phi) is 5.07. The van der Waals surface area contributed by atoms with Gasteiger partial charge in [0.1, 0.15) is 0 Å². The molecular weight excluding hydrogens is 342 g/mol. The molecule has 0 bridgehead atoms. The topological polar surface area (TPSA) is 106 Å². The zero-order valence-corrected chi connectivity index (χ0v) is 15.2. The van der Waals surface area contributed by atoms with E-state index in [1.54, 1.807) is 24.3 Å². The Hall–Kier alpha value is -1.97. The summed E-state index contributed by atoms with van der Waals surface area (Å²) in [5.41, 5.74) is 0.991. The highest BCUT2D eigenvalue weighted by atomic mass is 32.2. The highest BCUT2D eigenvalue weighted by Gasteiger charge is 2.25. The summed E-state index contributed by atoms with van der Waals surface area (Å²) in [4.78, 5) is 9.07. The van der Waals surface area contributed by atoms with Crippen LogP contribution in [0.25, 0.3) is 0 Å². The van der Waals surface area contributed by atoms with Gasteiger partial charge >= 0.3 is 0 Å². The summed E-state index contributed by atoms with van der Waals surface area (Å²) >= 11 is 0. The van der Waals surface area contributed by atoms with E-state index < -0.39 is 10.0 Å². The SMILES string of the molecule is CCc1noc(C(C)N2CCN(c3ccc(S(N)(=O)=O)cc3)CC2)n1. The van der Waals surface area contributed by atoms with Crippen molar-refractivity contribution in [2.24, 2.45) is 5.14 Å². The Labute approximate surface area is 147 Å². The number of aryl methyl sites for hydroxylation is 1. The van der Waals surface area contributed by atoms with Crippen molar-refractivity contribution in [2.75, 3.05) is 31.1 Å². The highest BCUT2D eigenvalue weighted by molar-refractivity contribution is 7.89. The van der Waals surface area contributed by atoms with Crippen molar-refractivity contribution in [3.63, 3.8) is 0 Å². The van der Waals surface area contributed by atoms with Crippen LogP contribution >= 0.6 is 0 Å². The molecule has 1 saturated heterocycles. The van der Waals surface area contributed by atoms with Gasteiger partial charge in [-0.25, -0.2) is 13.6 Å². The molecule has 0 radical (unpaired) electrons. The van der Waals surface area contributed by atoms with Crippen LogP contribution in [0.4, 0.5) is 5.69 Å². The number of nitrogens with zero attached hydrogens (tertiary/aromatic N) is 4. The van der Waals surface area contributed by atoms with E-state index in [-0.39, 0.29) is 10.9 Å². The maximum absolute atomic E-state index is 11.3. The number of nitrogens with two attached hydrogens (primary N) is 1. The van der Waals surface area contributed by atoms with Crippen molar-refractivity contribution in [1.82, 2.24) is 15.0 Å². The number of sulfonamides is 1. The summed E-state index contributed by atoms with van der Waals surface area (Å²) in [6.45, 7) is 7.48. The van der Waals surface area contributed by atoms with Crippen LogP contribution in [0.15, 0.2) is 33.7 Å². The number of aromatic nitrogens is 2. The van der Waals surface area contributed by atoms with Gasteiger partial charge in [-0.2, -0.15) is 4.98 Å². The van der Waals surface area contributed by atoms with Gasteiger partial charge in [-0.1, -0.05) is 12.1 Å². The van der Waals surface area contributed by atoms with E-state index in [4.69, 9.17) is 9.66 Å². The number of piperazine rings is 1. The summed E-state index contributed by atoms with van der Waals surface area (Å²) in [5, 5.41) is 9.09. The second-order valence-electron chi connectivity index (χ2n) is 6.14. The lowest BCUT2D eigenvalue weighted by atomic mass is 10.2. The molecule has 0 aliphatic carbocycles. The Bertz CT molecular complexity index is 811. The van der Waals surface area contributed by atoms with Crippen LogP contribution < -0.4 is 10.0 Å². The van der Waals surface area contributed by atoms with E-state index in [1.807, 2.05) is 6.92 Å². The van der Waals surface area contributed by atoms with Crippen molar-refractivity contribution in [1.29, 1.82) is 0 Å². The Morgan fingerprint density at radius 3 is 2.36 bits per heavy atom. The minimum absolute atomic E-state index is 0.0831. The zero-order chi connectivity index (χ0) is 18.0. The fourth-order valence-corrected chi connectivity index (χ4v) is 3.47. The molecule has 3 rings (SSSR count). The average molecular weight is 365 g/mol. The van der Waals surface area contributed by atoms with E-state index in [1.165, 1.54) is 0 Å². The fraction of sp³-hybridized carbons (Fsp3) is 0.500. The van der Waals surface area contributed by atoms with Gasteiger partial charge < -0.3 is 9.42 Å². The number of rotatable bonds is 5. The first kappa shape index (κ1) is 17.8. The van der Waals surface area contributed by atoms with Gasteiger partial charge in [-0.05, 0) is 31.2 Å². The first-order valence-corrected chi connectivity index (χ1v) is 9.87. The monoisotopic (exact) mass is 365 g/mol. The third kappa shape index (κ3) is 4.00. The lowest BCUT2D eigenvalue weighted by molar-refractivity contribution is 0.164. The van der Waals surface area contributed by atoms with Crippen LogP contribution in [0.1, 0.15) is 31.6 Å². The molecule has 1 aromatic carbocycles. The molecule has 1 fully saturated rings. The van der Waals surface area contributed by atoms with Gasteiger partial charge in [0.2, 0.25) is 15.9 Å². The van der Waals surface area contributed by atoms with Gasteiger partial charge in [0.15, 0.2) is 5.82 Å². The molecule has 1 aliphatic heterocycles. The molecule has 0 saturated carbocycles. The average Bonchev–Trinajstić information content (AvgIpc) is 3.10. The molecule has 8 nitrogen and oxygen atoms in total. The molecule has 136 valence electrons. The molecule has 25 heavy (non-hydrogen) atoms. The molecular formula is C16H23N5O3S. The van der Waals surface area contributed by atoms with E-state index in [0.717, 1.165) is 44.1 Å². The predicted molar refractivity (Wildman–Crippen MR) is 93.7 cm³/mol. The van der Waals surface area contributed by atoms with Crippen LogP contribution in [-0.2, 0) is 16.4 Å². The van der Waals surface area contributed by atoms with Crippen molar-refractivity contribution in [3.05, 3.63) is 36.0 Å². The lowest BCUT2D eigenvalue weighted by Crippen LogP contribution is -2.47. The smallest absolute Gasteiger partial charge is 0.243 e. The molecule has 2 aromatic rings. The summed E-state index contributed by atoms with van der Waals surface area (Å²) < 4.78 is 28.0. The Morgan fingerprint density at radius 1 is 1.20 bits per heavy atom. The first-order chi connectivity index (χ1) is 11.9. The van der Waals surface area contributed by atoms with Crippen LogP contribution in [0.3, 0.4) is 0 Å². The maximum atomic E-state index is 11.3. The number of hydrogen-bond acceptors (Lipinski definition) is 7. The summed E-state index contributed by atoms with van der Waals surface area (Å²) in [6, 6.07) is 6.77. The van der Waals surface area contributed by atoms with Gasteiger partial charge in [-0.3, -0.25) is 4.90 Å².